The quantitative estimate of drug-likeness (QED) is 0.563. The van der Waals surface area contributed by atoms with Gasteiger partial charge in [0.2, 0.25) is 27.6 Å². The Kier molecular flexibility index (Phi) is 5.99. The number of carbonyl (C=O) groups is 1. The van der Waals surface area contributed by atoms with Gasteiger partial charge in [-0.1, -0.05) is 11.2 Å². The first kappa shape index (κ1) is 20.9. The smallest absolute Gasteiger partial charge is 0.246 e. The van der Waals surface area contributed by atoms with E-state index >= 15 is 0 Å². The summed E-state index contributed by atoms with van der Waals surface area (Å²) >= 11 is 1.46. The number of carbonyl (C=O) groups excluding carboxylic acids is 1. The number of aromatic nitrogens is 2. The van der Waals surface area contributed by atoms with E-state index in [9.17, 15) is 17.6 Å². The molecule has 1 aromatic carbocycles. The molecule has 0 aliphatic rings. The van der Waals surface area contributed by atoms with Gasteiger partial charge in [-0.05, 0) is 42.6 Å². The maximum absolute atomic E-state index is 13.2. The highest BCUT2D eigenvalue weighted by molar-refractivity contribution is 7.92. The molecule has 1 atom stereocenters. The second-order valence-corrected chi connectivity index (χ2v) is 9.20. The zero-order chi connectivity index (χ0) is 21.2. The summed E-state index contributed by atoms with van der Waals surface area (Å²) in [6, 6.07) is 7.56. The van der Waals surface area contributed by atoms with Crippen LogP contribution in [0, 0.1) is 5.82 Å². The zero-order valence-corrected chi connectivity index (χ0v) is 17.6. The molecule has 2 heterocycles. The lowest BCUT2D eigenvalue weighted by atomic mass is 10.2. The third kappa shape index (κ3) is 4.80. The first-order chi connectivity index (χ1) is 13.7. The number of likely N-dealkylation sites (N-methyl/N-ethyl adjacent to an activating group) is 1. The molecule has 0 saturated heterocycles. The molecule has 0 aliphatic carbocycles. The van der Waals surface area contributed by atoms with Gasteiger partial charge in [0, 0.05) is 7.05 Å². The maximum Gasteiger partial charge on any atom is 0.246 e. The molecule has 0 radical (unpaired) electrons. The van der Waals surface area contributed by atoms with Crippen LogP contribution in [0.25, 0.3) is 10.7 Å². The summed E-state index contributed by atoms with van der Waals surface area (Å²) in [7, 11) is -2.28. The standard InChI is InChI=1S/C18H19FN4O4S2/c1-12(23(29(3,25)26)14-8-6-13(19)7-9-14)18(24)22(2)11-16-20-17(21-27-16)15-5-4-10-28-15/h4-10,12H,11H2,1-3H3/t12-/m1/s1. The molecule has 29 heavy (non-hydrogen) atoms. The minimum atomic E-state index is -3.79. The number of anilines is 1. The van der Waals surface area contributed by atoms with Crippen LogP contribution in [0.2, 0.25) is 0 Å². The van der Waals surface area contributed by atoms with Gasteiger partial charge in [0.25, 0.3) is 0 Å². The van der Waals surface area contributed by atoms with Crippen molar-refractivity contribution in [1.82, 2.24) is 15.0 Å². The van der Waals surface area contributed by atoms with Gasteiger partial charge >= 0.3 is 0 Å². The number of hydrogen-bond donors (Lipinski definition) is 0. The summed E-state index contributed by atoms with van der Waals surface area (Å²) in [5.74, 6) is -0.330. The minimum absolute atomic E-state index is 0.0164. The highest BCUT2D eigenvalue weighted by atomic mass is 32.2. The molecule has 0 saturated carbocycles. The van der Waals surface area contributed by atoms with Crippen molar-refractivity contribution >= 4 is 33.0 Å². The number of hydrogen-bond acceptors (Lipinski definition) is 7. The number of nitrogens with zero attached hydrogens (tertiary/aromatic N) is 4. The molecule has 1 amide bonds. The van der Waals surface area contributed by atoms with Crippen molar-refractivity contribution < 1.29 is 22.1 Å². The Morgan fingerprint density at radius 3 is 2.55 bits per heavy atom. The van der Waals surface area contributed by atoms with Gasteiger partial charge in [0.1, 0.15) is 11.9 Å². The molecule has 0 unspecified atom stereocenters. The Balaban J connectivity index is 1.77. The van der Waals surface area contributed by atoms with E-state index in [0.717, 1.165) is 27.6 Å². The van der Waals surface area contributed by atoms with Gasteiger partial charge < -0.3 is 9.42 Å². The average Bonchev–Trinajstić information content (AvgIpc) is 3.33. The Labute approximate surface area is 171 Å². The van der Waals surface area contributed by atoms with E-state index in [1.54, 1.807) is 0 Å². The second kappa shape index (κ2) is 8.29. The molecule has 0 bridgehead atoms. The molecule has 0 aliphatic heterocycles. The SMILES string of the molecule is C[C@H](C(=O)N(C)Cc1nc(-c2cccs2)no1)N(c1ccc(F)cc1)S(C)(=O)=O. The molecule has 8 nitrogen and oxygen atoms in total. The normalized spacial score (nSPS) is 12.6. The molecule has 11 heteroatoms. The molecule has 3 rings (SSSR count). The van der Waals surface area contributed by atoms with Crippen molar-refractivity contribution in [3.63, 3.8) is 0 Å². The Hall–Kier alpha value is -2.79. The molecule has 0 fully saturated rings. The fourth-order valence-electron chi connectivity index (χ4n) is 2.82. The molecule has 3 aromatic rings. The van der Waals surface area contributed by atoms with Gasteiger partial charge in [-0.2, -0.15) is 4.98 Å². The summed E-state index contributed by atoms with van der Waals surface area (Å²) in [5, 5.41) is 5.78. The summed E-state index contributed by atoms with van der Waals surface area (Å²) in [5.41, 5.74) is 0.195. The summed E-state index contributed by atoms with van der Waals surface area (Å²) in [6.45, 7) is 1.48. The molecular formula is C18H19FN4O4S2. The predicted octanol–water partition coefficient (Wildman–Crippen LogP) is 2.75. The zero-order valence-electron chi connectivity index (χ0n) is 15.9. The summed E-state index contributed by atoms with van der Waals surface area (Å²) < 4.78 is 44.0. The molecule has 0 N–H and O–H groups in total. The van der Waals surface area contributed by atoms with Crippen LogP contribution in [0.3, 0.4) is 0 Å². The van der Waals surface area contributed by atoms with Crippen molar-refractivity contribution in [2.45, 2.75) is 19.5 Å². The first-order valence-corrected chi connectivity index (χ1v) is 11.3. The predicted molar refractivity (Wildman–Crippen MR) is 107 cm³/mol. The van der Waals surface area contributed by atoms with Crippen LogP contribution in [0.15, 0.2) is 46.3 Å². The van der Waals surface area contributed by atoms with Crippen molar-refractivity contribution in [2.24, 2.45) is 0 Å². The van der Waals surface area contributed by atoms with E-state index < -0.39 is 27.8 Å². The van der Waals surface area contributed by atoms with Crippen LogP contribution >= 0.6 is 11.3 Å². The largest absolute Gasteiger partial charge is 0.337 e. The number of rotatable bonds is 7. The van der Waals surface area contributed by atoms with E-state index in [2.05, 4.69) is 10.1 Å². The Morgan fingerprint density at radius 2 is 1.97 bits per heavy atom. The van der Waals surface area contributed by atoms with E-state index in [1.165, 1.54) is 42.3 Å². The van der Waals surface area contributed by atoms with E-state index in [-0.39, 0.29) is 18.1 Å². The third-order valence-electron chi connectivity index (χ3n) is 4.11. The lowest BCUT2D eigenvalue weighted by Crippen LogP contribution is -2.48. The molecule has 0 spiro atoms. The number of halogens is 1. The van der Waals surface area contributed by atoms with Crippen LogP contribution in [0.5, 0.6) is 0 Å². The lowest BCUT2D eigenvalue weighted by Gasteiger charge is -2.30. The Bertz CT molecular complexity index is 1080. The number of sulfonamides is 1. The lowest BCUT2D eigenvalue weighted by molar-refractivity contribution is -0.131. The van der Waals surface area contributed by atoms with E-state index in [4.69, 9.17) is 4.52 Å². The molecular weight excluding hydrogens is 419 g/mol. The molecule has 154 valence electrons. The van der Waals surface area contributed by atoms with Crippen molar-refractivity contribution in [2.75, 3.05) is 17.6 Å². The van der Waals surface area contributed by atoms with Crippen LogP contribution in [-0.2, 0) is 21.4 Å². The minimum Gasteiger partial charge on any atom is -0.337 e. The van der Waals surface area contributed by atoms with Crippen LogP contribution in [0.4, 0.5) is 10.1 Å². The number of thiophene rings is 1. The van der Waals surface area contributed by atoms with Gasteiger partial charge in [0.05, 0.1) is 23.4 Å². The maximum atomic E-state index is 13.2. The third-order valence-corrected chi connectivity index (χ3v) is 6.21. The highest BCUT2D eigenvalue weighted by Crippen LogP contribution is 2.23. The number of amides is 1. The summed E-state index contributed by atoms with van der Waals surface area (Å²) in [6.07, 6.45) is 0.992. The highest BCUT2D eigenvalue weighted by Gasteiger charge is 2.31. The van der Waals surface area contributed by atoms with Crippen molar-refractivity contribution in [3.05, 3.63) is 53.5 Å². The van der Waals surface area contributed by atoms with E-state index in [0.29, 0.717) is 5.82 Å². The van der Waals surface area contributed by atoms with Crippen molar-refractivity contribution in [1.29, 1.82) is 0 Å². The van der Waals surface area contributed by atoms with Gasteiger partial charge in [-0.15, -0.1) is 11.3 Å². The van der Waals surface area contributed by atoms with Gasteiger partial charge in [-0.3, -0.25) is 9.10 Å². The summed E-state index contributed by atoms with van der Waals surface area (Å²) in [4.78, 5) is 19.3. The topological polar surface area (TPSA) is 96.6 Å². The van der Waals surface area contributed by atoms with Crippen molar-refractivity contribution in [3.8, 4) is 10.7 Å². The fraction of sp³-hybridized carbons (Fsp3) is 0.278. The first-order valence-electron chi connectivity index (χ1n) is 8.53. The fourth-order valence-corrected chi connectivity index (χ4v) is 4.63. The van der Waals surface area contributed by atoms with Gasteiger partial charge in [-0.25, -0.2) is 12.8 Å². The molecule has 2 aromatic heterocycles. The second-order valence-electron chi connectivity index (χ2n) is 6.39. The Morgan fingerprint density at radius 1 is 1.28 bits per heavy atom. The van der Waals surface area contributed by atoms with E-state index in [1.807, 2.05) is 17.5 Å². The number of benzene rings is 1. The monoisotopic (exact) mass is 438 g/mol. The van der Waals surface area contributed by atoms with Crippen LogP contribution < -0.4 is 4.31 Å². The van der Waals surface area contributed by atoms with Gasteiger partial charge in [0.15, 0.2) is 0 Å². The van der Waals surface area contributed by atoms with Crippen LogP contribution in [0.1, 0.15) is 12.8 Å². The van der Waals surface area contributed by atoms with Crippen LogP contribution in [-0.4, -0.2) is 48.7 Å². The average molecular weight is 439 g/mol.